The molecule has 0 spiro atoms. The summed E-state index contributed by atoms with van der Waals surface area (Å²) >= 11 is 1.39. The summed E-state index contributed by atoms with van der Waals surface area (Å²) in [5, 5.41) is 0.423. The van der Waals surface area contributed by atoms with Gasteiger partial charge in [0.15, 0.2) is 5.01 Å². The number of ether oxygens (including phenoxy) is 1. The van der Waals surface area contributed by atoms with Crippen molar-refractivity contribution in [3.63, 3.8) is 0 Å². The molecule has 0 aromatic carbocycles. The van der Waals surface area contributed by atoms with E-state index in [0.717, 1.165) is 23.4 Å². The minimum absolute atomic E-state index is 0.423. The second-order valence-electron chi connectivity index (χ2n) is 2.87. The number of carbonyl (C=O) groups is 1. The Morgan fingerprint density at radius 2 is 2.23 bits per heavy atom. The zero-order valence-corrected chi connectivity index (χ0v) is 7.89. The molecule has 0 radical (unpaired) electrons. The molecular weight excluding hydrogens is 188 g/mol. The van der Waals surface area contributed by atoms with Crippen molar-refractivity contribution in [3.05, 3.63) is 15.6 Å². The maximum absolute atomic E-state index is 10.8. The first-order chi connectivity index (χ1) is 6.27. The van der Waals surface area contributed by atoms with Gasteiger partial charge >= 0.3 is 0 Å². The summed E-state index contributed by atoms with van der Waals surface area (Å²) in [6, 6.07) is 0. The lowest BCUT2D eigenvalue weighted by molar-refractivity contribution is 0.0999. The number of nitrogens with two attached hydrogens (primary N) is 1. The molecule has 1 amide bonds. The molecular formula is C8H10N2O2S. The maximum atomic E-state index is 10.8. The lowest BCUT2D eigenvalue weighted by Gasteiger charge is -1.93. The predicted molar refractivity (Wildman–Crippen MR) is 48.9 cm³/mol. The molecule has 70 valence electrons. The van der Waals surface area contributed by atoms with E-state index in [4.69, 9.17) is 10.5 Å². The van der Waals surface area contributed by atoms with Crippen LogP contribution in [0.4, 0.5) is 0 Å². The van der Waals surface area contributed by atoms with Gasteiger partial charge in [0, 0.05) is 17.7 Å². The van der Waals surface area contributed by atoms with E-state index < -0.39 is 5.91 Å². The quantitative estimate of drug-likeness (QED) is 0.708. The third-order valence-electron chi connectivity index (χ3n) is 1.95. The Hall–Kier alpha value is -0.940. The molecule has 0 saturated carbocycles. The molecule has 5 heteroatoms. The zero-order valence-electron chi connectivity index (χ0n) is 7.08. The van der Waals surface area contributed by atoms with E-state index in [-0.39, 0.29) is 0 Å². The molecule has 1 aliphatic heterocycles. The summed E-state index contributed by atoms with van der Waals surface area (Å²) < 4.78 is 5.29. The number of rotatable bonds is 1. The Labute approximate surface area is 79.7 Å². The lowest BCUT2D eigenvalue weighted by atomic mass is 10.2. The van der Waals surface area contributed by atoms with Gasteiger partial charge in [-0.25, -0.2) is 4.98 Å². The molecule has 1 aromatic rings. The monoisotopic (exact) mass is 198 g/mol. The molecule has 4 nitrogen and oxygen atoms in total. The third kappa shape index (κ3) is 1.71. The summed E-state index contributed by atoms with van der Waals surface area (Å²) in [4.78, 5) is 16.2. The van der Waals surface area contributed by atoms with E-state index in [0.29, 0.717) is 18.2 Å². The van der Waals surface area contributed by atoms with E-state index in [1.807, 2.05) is 0 Å². The first-order valence-electron chi connectivity index (χ1n) is 4.13. The van der Waals surface area contributed by atoms with Crippen molar-refractivity contribution in [1.82, 2.24) is 4.98 Å². The van der Waals surface area contributed by atoms with Gasteiger partial charge in [-0.15, -0.1) is 11.3 Å². The molecule has 0 saturated heterocycles. The molecule has 2 heterocycles. The van der Waals surface area contributed by atoms with Gasteiger partial charge in [0.05, 0.1) is 18.9 Å². The number of amides is 1. The molecule has 13 heavy (non-hydrogen) atoms. The van der Waals surface area contributed by atoms with Crippen LogP contribution in [0.2, 0.25) is 0 Å². The van der Waals surface area contributed by atoms with Crippen LogP contribution >= 0.6 is 11.3 Å². The molecule has 0 atom stereocenters. The third-order valence-corrected chi connectivity index (χ3v) is 3.12. The fourth-order valence-corrected chi connectivity index (χ4v) is 2.26. The van der Waals surface area contributed by atoms with E-state index >= 15 is 0 Å². The minimum Gasteiger partial charge on any atom is -0.381 e. The summed E-state index contributed by atoms with van der Waals surface area (Å²) in [7, 11) is 0. The van der Waals surface area contributed by atoms with Crippen LogP contribution in [0.25, 0.3) is 0 Å². The Morgan fingerprint density at radius 3 is 3.00 bits per heavy atom. The average Bonchev–Trinajstić information content (AvgIpc) is 2.38. The highest BCUT2D eigenvalue weighted by molar-refractivity contribution is 7.13. The number of primary amides is 1. The smallest absolute Gasteiger partial charge is 0.277 e. The van der Waals surface area contributed by atoms with Crippen molar-refractivity contribution < 1.29 is 9.53 Å². The fourth-order valence-electron chi connectivity index (χ4n) is 1.32. The van der Waals surface area contributed by atoms with Gasteiger partial charge in [-0.3, -0.25) is 4.79 Å². The molecule has 1 aromatic heterocycles. The van der Waals surface area contributed by atoms with E-state index in [1.54, 1.807) is 0 Å². The second kappa shape index (κ2) is 3.43. The molecule has 2 rings (SSSR count). The molecule has 2 N–H and O–H groups in total. The van der Waals surface area contributed by atoms with Crippen molar-refractivity contribution in [3.8, 4) is 0 Å². The zero-order chi connectivity index (χ0) is 9.26. The number of aromatic nitrogens is 1. The van der Waals surface area contributed by atoms with Crippen LogP contribution in [0, 0.1) is 0 Å². The van der Waals surface area contributed by atoms with Crippen LogP contribution in [0.3, 0.4) is 0 Å². The topological polar surface area (TPSA) is 65.2 Å². The van der Waals surface area contributed by atoms with Crippen molar-refractivity contribution in [2.45, 2.75) is 12.8 Å². The van der Waals surface area contributed by atoms with Gasteiger partial charge in [0.1, 0.15) is 0 Å². The number of fused-ring (bicyclic) bond motifs is 1. The molecule has 1 aliphatic rings. The first-order valence-corrected chi connectivity index (χ1v) is 4.95. The van der Waals surface area contributed by atoms with E-state index in [1.165, 1.54) is 11.3 Å². The molecule has 0 bridgehead atoms. The number of carbonyl (C=O) groups excluding carboxylic acids is 1. The maximum Gasteiger partial charge on any atom is 0.277 e. The second-order valence-corrected chi connectivity index (χ2v) is 3.95. The van der Waals surface area contributed by atoms with Crippen molar-refractivity contribution in [2.75, 3.05) is 13.2 Å². The summed E-state index contributed by atoms with van der Waals surface area (Å²) in [6.45, 7) is 1.41. The molecule has 0 aliphatic carbocycles. The van der Waals surface area contributed by atoms with Gasteiger partial charge in [-0.2, -0.15) is 0 Å². The van der Waals surface area contributed by atoms with Crippen molar-refractivity contribution in [2.24, 2.45) is 5.73 Å². The highest BCUT2D eigenvalue weighted by atomic mass is 32.1. The van der Waals surface area contributed by atoms with Gasteiger partial charge in [0.2, 0.25) is 0 Å². The highest BCUT2D eigenvalue weighted by Gasteiger charge is 2.16. The molecule has 0 unspecified atom stereocenters. The van der Waals surface area contributed by atoms with Gasteiger partial charge < -0.3 is 10.5 Å². The van der Waals surface area contributed by atoms with Crippen LogP contribution in [-0.2, 0) is 17.6 Å². The fraction of sp³-hybridized carbons (Fsp3) is 0.500. The standard InChI is InChI=1S/C8H10N2O2S/c9-7(11)8-10-5-1-3-12-4-2-6(5)13-8/h1-4H2,(H2,9,11). The Bertz CT molecular complexity index is 311. The van der Waals surface area contributed by atoms with Gasteiger partial charge in [-0.1, -0.05) is 0 Å². The Morgan fingerprint density at radius 1 is 1.46 bits per heavy atom. The minimum atomic E-state index is -0.431. The number of hydrogen-bond donors (Lipinski definition) is 1. The van der Waals surface area contributed by atoms with Crippen LogP contribution in [-0.4, -0.2) is 24.1 Å². The van der Waals surface area contributed by atoms with E-state index in [9.17, 15) is 4.79 Å². The molecule has 0 fully saturated rings. The number of nitrogens with zero attached hydrogens (tertiary/aromatic N) is 1. The predicted octanol–water partition coefficient (Wildman–Crippen LogP) is 0.357. The lowest BCUT2D eigenvalue weighted by Crippen LogP contribution is -2.10. The first kappa shape index (κ1) is 8.65. The Kier molecular flexibility index (Phi) is 2.28. The van der Waals surface area contributed by atoms with Crippen molar-refractivity contribution in [1.29, 1.82) is 0 Å². The highest BCUT2D eigenvalue weighted by Crippen LogP contribution is 2.21. The average molecular weight is 198 g/mol. The number of thiazole rings is 1. The SMILES string of the molecule is NC(=O)c1nc2c(s1)CCOCC2. The van der Waals surface area contributed by atoms with Crippen LogP contribution in [0.15, 0.2) is 0 Å². The van der Waals surface area contributed by atoms with Crippen LogP contribution in [0.5, 0.6) is 0 Å². The normalized spacial score (nSPS) is 16.3. The van der Waals surface area contributed by atoms with Crippen molar-refractivity contribution >= 4 is 17.2 Å². The summed E-state index contributed by atoms with van der Waals surface area (Å²) in [6.07, 6.45) is 1.64. The summed E-state index contributed by atoms with van der Waals surface area (Å²) in [5.74, 6) is -0.431. The van der Waals surface area contributed by atoms with Gasteiger partial charge in [-0.05, 0) is 0 Å². The summed E-state index contributed by atoms with van der Waals surface area (Å²) in [5.41, 5.74) is 6.13. The van der Waals surface area contributed by atoms with E-state index in [2.05, 4.69) is 4.98 Å². The Balaban J connectivity index is 2.32. The van der Waals surface area contributed by atoms with Crippen LogP contribution < -0.4 is 5.73 Å². The largest absolute Gasteiger partial charge is 0.381 e. The van der Waals surface area contributed by atoms with Crippen LogP contribution in [0.1, 0.15) is 20.4 Å². The number of hydrogen-bond acceptors (Lipinski definition) is 4. The van der Waals surface area contributed by atoms with Gasteiger partial charge in [0.25, 0.3) is 5.91 Å².